The number of ether oxygens (including phenoxy) is 1. The fraction of sp³-hybridized carbons (Fsp3) is 0.444. The van der Waals surface area contributed by atoms with Gasteiger partial charge in [-0.25, -0.2) is 0 Å². The highest BCUT2D eigenvalue weighted by Crippen LogP contribution is 2.11. The molecule has 0 saturated carbocycles. The summed E-state index contributed by atoms with van der Waals surface area (Å²) in [6, 6.07) is 9.63. The van der Waals surface area contributed by atoms with Gasteiger partial charge in [0.15, 0.2) is 0 Å². The molecule has 0 unspecified atom stereocenters. The Balaban J connectivity index is 1.77. The van der Waals surface area contributed by atoms with Crippen molar-refractivity contribution in [1.29, 1.82) is 0 Å². The molecule has 1 aromatic heterocycles. The second kappa shape index (κ2) is 7.81. The predicted molar refractivity (Wildman–Crippen MR) is 90.6 cm³/mol. The summed E-state index contributed by atoms with van der Waals surface area (Å²) in [6.45, 7) is 7.61. The molecule has 0 saturated heterocycles. The van der Waals surface area contributed by atoms with E-state index in [1.165, 1.54) is 0 Å². The van der Waals surface area contributed by atoms with Gasteiger partial charge in [-0.05, 0) is 43.5 Å². The van der Waals surface area contributed by atoms with Crippen molar-refractivity contribution in [3.63, 3.8) is 0 Å². The van der Waals surface area contributed by atoms with E-state index in [4.69, 9.17) is 4.74 Å². The topological polar surface area (TPSA) is 56.1 Å². The molecule has 0 bridgehead atoms. The summed E-state index contributed by atoms with van der Waals surface area (Å²) in [5.74, 6) is 1.16. The van der Waals surface area contributed by atoms with Gasteiger partial charge in [0.2, 0.25) is 5.91 Å². The number of nitrogens with zero attached hydrogens (tertiary/aromatic N) is 2. The van der Waals surface area contributed by atoms with Crippen LogP contribution in [-0.4, -0.2) is 29.3 Å². The monoisotopic (exact) mass is 315 g/mol. The van der Waals surface area contributed by atoms with Crippen molar-refractivity contribution in [1.82, 2.24) is 15.1 Å². The first-order chi connectivity index (χ1) is 11.0. The fourth-order valence-corrected chi connectivity index (χ4v) is 2.50. The van der Waals surface area contributed by atoms with Crippen LogP contribution in [0.2, 0.25) is 0 Å². The Morgan fingerprint density at radius 3 is 2.57 bits per heavy atom. The summed E-state index contributed by atoms with van der Waals surface area (Å²) in [6.07, 6.45) is 0.386. The zero-order valence-corrected chi connectivity index (χ0v) is 14.3. The number of methoxy groups -OCH3 is 1. The molecule has 1 atom stereocenters. The predicted octanol–water partition coefficient (Wildman–Crippen LogP) is 2.50. The molecular formula is C18H25N3O2. The Bertz CT molecular complexity index is 647. The molecule has 1 amide bonds. The summed E-state index contributed by atoms with van der Waals surface area (Å²) in [5, 5.41) is 7.45. The minimum absolute atomic E-state index is 0.0374. The van der Waals surface area contributed by atoms with Gasteiger partial charge < -0.3 is 10.1 Å². The van der Waals surface area contributed by atoms with Crippen LogP contribution in [0.25, 0.3) is 0 Å². The van der Waals surface area contributed by atoms with E-state index >= 15 is 0 Å². The first-order valence-corrected chi connectivity index (χ1v) is 7.88. The lowest BCUT2D eigenvalue weighted by Gasteiger charge is -2.14. The molecule has 23 heavy (non-hydrogen) atoms. The smallest absolute Gasteiger partial charge is 0.224 e. The van der Waals surface area contributed by atoms with Gasteiger partial charge in [-0.2, -0.15) is 5.10 Å². The molecule has 1 aromatic carbocycles. The van der Waals surface area contributed by atoms with E-state index in [1.807, 2.05) is 35.9 Å². The largest absolute Gasteiger partial charge is 0.497 e. The van der Waals surface area contributed by atoms with Crippen LogP contribution in [0.4, 0.5) is 0 Å². The number of rotatable bonds is 7. The van der Waals surface area contributed by atoms with Crippen LogP contribution in [0, 0.1) is 19.8 Å². The molecule has 124 valence electrons. The lowest BCUT2D eigenvalue weighted by atomic mass is 10.1. The zero-order chi connectivity index (χ0) is 16.8. The van der Waals surface area contributed by atoms with Crippen molar-refractivity contribution in [2.75, 3.05) is 13.7 Å². The molecule has 0 radical (unpaired) electrons. The summed E-state index contributed by atoms with van der Waals surface area (Å²) < 4.78 is 7.11. The van der Waals surface area contributed by atoms with E-state index in [0.717, 1.165) is 29.2 Å². The Labute approximate surface area is 137 Å². The molecule has 0 aliphatic carbocycles. The number of amides is 1. The summed E-state index contributed by atoms with van der Waals surface area (Å²) in [7, 11) is 1.63. The van der Waals surface area contributed by atoms with Crippen LogP contribution in [0.5, 0.6) is 5.75 Å². The number of nitrogens with one attached hydrogen (secondary N) is 1. The maximum absolute atomic E-state index is 12.0. The molecule has 1 heterocycles. The fourth-order valence-electron chi connectivity index (χ4n) is 2.50. The van der Waals surface area contributed by atoms with Crippen LogP contribution in [-0.2, 0) is 17.8 Å². The Morgan fingerprint density at radius 1 is 1.30 bits per heavy atom. The highest BCUT2D eigenvalue weighted by Gasteiger charge is 2.09. The highest BCUT2D eigenvalue weighted by molar-refractivity contribution is 5.78. The van der Waals surface area contributed by atoms with E-state index in [9.17, 15) is 4.79 Å². The van der Waals surface area contributed by atoms with Crippen LogP contribution < -0.4 is 10.1 Å². The number of aryl methyl sites for hydroxylation is 2. The van der Waals surface area contributed by atoms with Crippen molar-refractivity contribution in [2.24, 2.45) is 5.92 Å². The number of hydrogen-bond donors (Lipinski definition) is 1. The van der Waals surface area contributed by atoms with Crippen molar-refractivity contribution in [2.45, 2.75) is 33.7 Å². The molecule has 5 heteroatoms. The van der Waals surface area contributed by atoms with Gasteiger partial charge in [0.05, 0.1) is 19.2 Å². The molecule has 0 fully saturated rings. The summed E-state index contributed by atoms with van der Waals surface area (Å²) in [5.41, 5.74) is 3.16. The second-order valence-corrected chi connectivity index (χ2v) is 6.04. The number of hydrogen-bond acceptors (Lipinski definition) is 3. The van der Waals surface area contributed by atoms with Crippen molar-refractivity contribution in [3.8, 4) is 5.75 Å². The third-order valence-corrected chi connectivity index (χ3v) is 3.76. The van der Waals surface area contributed by atoms with Crippen LogP contribution in [0.15, 0.2) is 30.3 Å². The van der Waals surface area contributed by atoms with Crippen molar-refractivity contribution >= 4 is 5.91 Å². The second-order valence-electron chi connectivity index (χ2n) is 6.04. The van der Waals surface area contributed by atoms with Crippen LogP contribution in [0.3, 0.4) is 0 Å². The molecule has 0 aliphatic rings. The average molecular weight is 315 g/mol. The van der Waals surface area contributed by atoms with Gasteiger partial charge >= 0.3 is 0 Å². The van der Waals surface area contributed by atoms with E-state index in [2.05, 4.69) is 30.3 Å². The lowest BCUT2D eigenvalue weighted by molar-refractivity contribution is -0.120. The third kappa shape index (κ3) is 5.13. The van der Waals surface area contributed by atoms with E-state index in [-0.39, 0.29) is 5.91 Å². The standard InChI is InChI=1S/C18H25N3O2/c1-13(12-21-15(3)9-14(2)20-21)11-19-18(22)10-16-5-7-17(23-4)8-6-16/h5-9,13H,10-12H2,1-4H3,(H,19,22)/t13-/m1/s1. The van der Waals surface area contributed by atoms with E-state index in [1.54, 1.807) is 7.11 Å². The third-order valence-electron chi connectivity index (χ3n) is 3.76. The van der Waals surface area contributed by atoms with Gasteiger partial charge in [0, 0.05) is 18.8 Å². The minimum atomic E-state index is 0.0374. The maximum Gasteiger partial charge on any atom is 0.224 e. The maximum atomic E-state index is 12.0. The molecule has 0 aliphatic heterocycles. The number of carbonyl (C=O) groups excluding carboxylic acids is 1. The quantitative estimate of drug-likeness (QED) is 0.854. The van der Waals surface area contributed by atoms with Crippen LogP contribution >= 0.6 is 0 Å². The van der Waals surface area contributed by atoms with Gasteiger partial charge in [-0.3, -0.25) is 9.48 Å². The van der Waals surface area contributed by atoms with Gasteiger partial charge in [0.1, 0.15) is 5.75 Å². The summed E-state index contributed by atoms with van der Waals surface area (Å²) >= 11 is 0. The average Bonchev–Trinajstić information content (AvgIpc) is 2.83. The van der Waals surface area contributed by atoms with Crippen molar-refractivity contribution in [3.05, 3.63) is 47.3 Å². The normalized spacial score (nSPS) is 12.0. The number of carbonyl (C=O) groups is 1. The van der Waals surface area contributed by atoms with Gasteiger partial charge in [-0.15, -0.1) is 0 Å². The molecule has 2 aromatic rings. The molecule has 0 spiro atoms. The van der Waals surface area contributed by atoms with Crippen molar-refractivity contribution < 1.29 is 9.53 Å². The molecule has 5 nitrogen and oxygen atoms in total. The highest BCUT2D eigenvalue weighted by atomic mass is 16.5. The summed E-state index contributed by atoms with van der Waals surface area (Å²) in [4.78, 5) is 12.0. The Morgan fingerprint density at radius 2 is 2.00 bits per heavy atom. The SMILES string of the molecule is COc1ccc(CC(=O)NC[C@@H](C)Cn2nc(C)cc2C)cc1. The molecule has 1 N–H and O–H groups in total. The molecular weight excluding hydrogens is 290 g/mol. The van der Waals surface area contributed by atoms with Gasteiger partial charge in [-0.1, -0.05) is 19.1 Å². The number of aromatic nitrogens is 2. The Hall–Kier alpha value is -2.30. The zero-order valence-electron chi connectivity index (χ0n) is 14.3. The lowest BCUT2D eigenvalue weighted by Crippen LogP contribution is -2.31. The first-order valence-electron chi connectivity index (χ1n) is 7.88. The van der Waals surface area contributed by atoms with Gasteiger partial charge in [0.25, 0.3) is 0 Å². The molecule has 2 rings (SSSR count). The van der Waals surface area contributed by atoms with E-state index in [0.29, 0.717) is 18.9 Å². The van der Waals surface area contributed by atoms with E-state index < -0.39 is 0 Å². The minimum Gasteiger partial charge on any atom is -0.497 e. The Kier molecular flexibility index (Phi) is 5.79. The first kappa shape index (κ1) is 17.1. The van der Waals surface area contributed by atoms with Crippen LogP contribution in [0.1, 0.15) is 23.9 Å². The number of benzene rings is 1.